The summed E-state index contributed by atoms with van der Waals surface area (Å²) >= 11 is 0. The standard InChI is InChI=1S/C12H11N3O2/c13-6-9-7-14-11-5-10(1-4-15(9)11)17-8-12(16)2-3-12/h1,4-5,7,16H,2-3,8H2. The Morgan fingerprint density at radius 3 is 3.12 bits per heavy atom. The second-order valence-corrected chi connectivity index (χ2v) is 4.36. The first-order chi connectivity index (χ1) is 8.20. The normalized spacial score (nSPS) is 16.7. The van der Waals surface area contributed by atoms with Crippen LogP contribution in [0.25, 0.3) is 5.65 Å². The van der Waals surface area contributed by atoms with Gasteiger partial charge in [0.1, 0.15) is 29.8 Å². The minimum absolute atomic E-state index is 0.314. The van der Waals surface area contributed by atoms with Crippen molar-refractivity contribution >= 4 is 5.65 Å². The Kier molecular flexibility index (Phi) is 2.06. The molecule has 1 N–H and O–H groups in total. The molecule has 2 aromatic rings. The molecule has 1 fully saturated rings. The maximum atomic E-state index is 9.66. The van der Waals surface area contributed by atoms with E-state index in [1.54, 1.807) is 22.7 Å². The van der Waals surface area contributed by atoms with Crippen LogP contribution in [0.4, 0.5) is 0 Å². The summed E-state index contributed by atoms with van der Waals surface area (Å²) < 4.78 is 7.19. The Bertz CT molecular complexity index is 608. The summed E-state index contributed by atoms with van der Waals surface area (Å²) in [7, 11) is 0. The summed E-state index contributed by atoms with van der Waals surface area (Å²) in [5.74, 6) is 0.660. The fraction of sp³-hybridized carbons (Fsp3) is 0.333. The Labute approximate surface area is 97.9 Å². The molecule has 3 rings (SSSR count). The number of ether oxygens (including phenoxy) is 1. The van der Waals surface area contributed by atoms with Gasteiger partial charge in [-0.2, -0.15) is 5.26 Å². The van der Waals surface area contributed by atoms with Crippen molar-refractivity contribution < 1.29 is 9.84 Å². The van der Waals surface area contributed by atoms with Crippen LogP contribution in [0.1, 0.15) is 18.5 Å². The zero-order valence-electron chi connectivity index (χ0n) is 9.13. The van der Waals surface area contributed by atoms with Crippen LogP contribution in [0.5, 0.6) is 5.75 Å². The van der Waals surface area contributed by atoms with Crippen molar-refractivity contribution in [1.29, 1.82) is 5.26 Å². The van der Waals surface area contributed by atoms with Gasteiger partial charge >= 0.3 is 0 Å². The molecular weight excluding hydrogens is 218 g/mol. The molecule has 2 heterocycles. The van der Waals surface area contributed by atoms with Gasteiger partial charge in [-0.1, -0.05) is 0 Å². The smallest absolute Gasteiger partial charge is 0.144 e. The van der Waals surface area contributed by atoms with Crippen LogP contribution < -0.4 is 4.74 Å². The SMILES string of the molecule is N#Cc1cnc2cc(OCC3(O)CC3)ccn12. The summed E-state index contributed by atoms with van der Waals surface area (Å²) in [5, 5.41) is 18.5. The van der Waals surface area contributed by atoms with Gasteiger partial charge < -0.3 is 9.84 Å². The molecule has 86 valence electrons. The third kappa shape index (κ3) is 1.83. The molecule has 0 spiro atoms. The Balaban J connectivity index is 1.84. The first kappa shape index (κ1) is 10.1. The van der Waals surface area contributed by atoms with Gasteiger partial charge in [0.25, 0.3) is 0 Å². The molecule has 0 amide bonds. The Morgan fingerprint density at radius 1 is 1.59 bits per heavy atom. The number of hydrogen-bond acceptors (Lipinski definition) is 4. The topological polar surface area (TPSA) is 70.5 Å². The van der Waals surface area contributed by atoms with Crippen molar-refractivity contribution in [2.75, 3.05) is 6.61 Å². The number of fused-ring (bicyclic) bond motifs is 1. The van der Waals surface area contributed by atoms with Crippen molar-refractivity contribution in [3.05, 3.63) is 30.2 Å². The van der Waals surface area contributed by atoms with Gasteiger partial charge in [0.2, 0.25) is 0 Å². The van der Waals surface area contributed by atoms with E-state index in [1.807, 2.05) is 0 Å². The van der Waals surface area contributed by atoms with Crippen LogP contribution in [-0.4, -0.2) is 26.7 Å². The fourth-order valence-electron chi connectivity index (χ4n) is 1.64. The van der Waals surface area contributed by atoms with Gasteiger partial charge in [0.15, 0.2) is 0 Å². The molecule has 0 atom stereocenters. The van der Waals surface area contributed by atoms with E-state index in [-0.39, 0.29) is 0 Å². The highest BCUT2D eigenvalue weighted by molar-refractivity contribution is 5.48. The molecule has 1 aliphatic carbocycles. The minimum Gasteiger partial charge on any atom is -0.490 e. The predicted octanol–water partition coefficient (Wildman–Crippen LogP) is 1.11. The molecule has 0 unspecified atom stereocenters. The van der Waals surface area contributed by atoms with E-state index in [9.17, 15) is 5.11 Å². The maximum Gasteiger partial charge on any atom is 0.144 e. The molecule has 1 saturated carbocycles. The lowest BCUT2D eigenvalue weighted by atomic mass is 10.3. The van der Waals surface area contributed by atoms with E-state index < -0.39 is 5.60 Å². The first-order valence-electron chi connectivity index (χ1n) is 5.43. The van der Waals surface area contributed by atoms with E-state index in [0.717, 1.165) is 12.8 Å². The van der Waals surface area contributed by atoms with Crippen LogP contribution >= 0.6 is 0 Å². The monoisotopic (exact) mass is 229 g/mol. The number of nitrogens with zero attached hydrogens (tertiary/aromatic N) is 3. The molecule has 17 heavy (non-hydrogen) atoms. The van der Waals surface area contributed by atoms with E-state index >= 15 is 0 Å². The number of imidazole rings is 1. The van der Waals surface area contributed by atoms with Crippen molar-refractivity contribution in [3.8, 4) is 11.8 Å². The average molecular weight is 229 g/mol. The summed E-state index contributed by atoms with van der Waals surface area (Å²) in [5.41, 5.74) is 0.536. The Hall–Kier alpha value is -2.06. The lowest BCUT2D eigenvalue weighted by molar-refractivity contribution is 0.0856. The van der Waals surface area contributed by atoms with Crippen LogP contribution in [0, 0.1) is 11.3 Å². The average Bonchev–Trinajstić information content (AvgIpc) is 2.94. The molecule has 0 aromatic carbocycles. The highest BCUT2D eigenvalue weighted by Gasteiger charge is 2.41. The maximum absolute atomic E-state index is 9.66. The van der Waals surface area contributed by atoms with Crippen molar-refractivity contribution in [1.82, 2.24) is 9.38 Å². The number of rotatable bonds is 3. The number of aromatic nitrogens is 2. The quantitative estimate of drug-likeness (QED) is 0.855. The van der Waals surface area contributed by atoms with Crippen LogP contribution in [0.2, 0.25) is 0 Å². The second kappa shape index (κ2) is 3.47. The largest absolute Gasteiger partial charge is 0.490 e. The molecule has 0 radical (unpaired) electrons. The lowest BCUT2D eigenvalue weighted by Crippen LogP contribution is -2.18. The van der Waals surface area contributed by atoms with Crippen molar-refractivity contribution in [2.24, 2.45) is 0 Å². The second-order valence-electron chi connectivity index (χ2n) is 4.36. The molecule has 5 heteroatoms. The van der Waals surface area contributed by atoms with E-state index in [4.69, 9.17) is 10.00 Å². The molecule has 0 bridgehead atoms. The minimum atomic E-state index is -0.626. The Morgan fingerprint density at radius 2 is 2.41 bits per heavy atom. The summed E-state index contributed by atoms with van der Waals surface area (Å²) in [6, 6.07) is 5.58. The third-order valence-corrected chi connectivity index (χ3v) is 2.93. The number of hydrogen-bond donors (Lipinski definition) is 1. The summed E-state index contributed by atoms with van der Waals surface area (Å²) in [4.78, 5) is 4.11. The zero-order valence-corrected chi connectivity index (χ0v) is 9.13. The number of aliphatic hydroxyl groups is 1. The molecule has 1 aliphatic rings. The van der Waals surface area contributed by atoms with E-state index in [1.165, 1.54) is 6.20 Å². The van der Waals surface area contributed by atoms with Crippen LogP contribution in [-0.2, 0) is 0 Å². The van der Waals surface area contributed by atoms with Gasteiger partial charge in [-0.25, -0.2) is 4.98 Å². The highest BCUT2D eigenvalue weighted by atomic mass is 16.5. The van der Waals surface area contributed by atoms with Gasteiger partial charge in [-0.15, -0.1) is 0 Å². The lowest BCUT2D eigenvalue weighted by Gasteiger charge is -2.10. The molecule has 2 aromatic heterocycles. The fourth-order valence-corrected chi connectivity index (χ4v) is 1.64. The summed E-state index contributed by atoms with van der Waals surface area (Å²) in [6.45, 7) is 0.314. The molecular formula is C12H11N3O2. The molecule has 5 nitrogen and oxygen atoms in total. The first-order valence-corrected chi connectivity index (χ1v) is 5.43. The molecule has 0 aliphatic heterocycles. The van der Waals surface area contributed by atoms with Crippen LogP contribution in [0.3, 0.4) is 0 Å². The van der Waals surface area contributed by atoms with E-state index in [2.05, 4.69) is 11.1 Å². The third-order valence-electron chi connectivity index (χ3n) is 2.93. The number of pyridine rings is 1. The van der Waals surface area contributed by atoms with Gasteiger partial charge in [0, 0.05) is 12.3 Å². The number of nitriles is 1. The van der Waals surface area contributed by atoms with Crippen molar-refractivity contribution in [2.45, 2.75) is 18.4 Å². The zero-order chi connectivity index (χ0) is 11.9. The van der Waals surface area contributed by atoms with E-state index in [0.29, 0.717) is 23.7 Å². The molecule has 0 saturated heterocycles. The summed E-state index contributed by atoms with van der Waals surface area (Å²) in [6.07, 6.45) is 4.87. The van der Waals surface area contributed by atoms with Gasteiger partial charge in [-0.3, -0.25) is 4.40 Å². The van der Waals surface area contributed by atoms with Crippen molar-refractivity contribution in [3.63, 3.8) is 0 Å². The van der Waals surface area contributed by atoms with Crippen LogP contribution in [0.15, 0.2) is 24.5 Å². The van der Waals surface area contributed by atoms with Gasteiger partial charge in [0.05, 0.1) is 11.8 Å². The predicted molar refractivity (Wildman–Crippen MR) is 59.6 cm³/mol. The highest BCUT2D eigenvalue weighted by Crippen LogP contribution is 2.35. The van der Waals surface area contributed by atoms with Gasteiger partial charge in [-0.05, 0) is 18.9 Å².